The lowest BCUT2D eigenvalue weighted by molar-refractivity contribution is 0.224. The molecule has 0 spiro atoms. The summed E-state index contributed by atoms with van der Waals surface area (Å²) in [6.45, 7) is 2.84. The van der Waals surface area contributed by atoms with Crippen LogP contribution >= 0.6 is 0 Å². The molecule has 0 fully saturated rings. The first kappa shape index (κ1) is 8.28. The summed E-state index contributed by atoms with van der Waals surface area (Å²) in [5.41, 5.74) is 2.64. The van der Waals surface area contributed by atoms with Gasteiger partial charge in [-0.05, 0) is 18.9 Å². The molecule has 1 aliphatic carbocycles. The molecule has 1 rings (SSSR count). The van der Waals surface area contributed by atoms with Crippen molar-refractivity contribution in [1.82, 2.24) is 0 Å². The Morgan fingerprint density at radius 2 is 2.27 bits per heavy atom. The van der Waals surface area contributed by atoms with E-state index in [-0.39, 0.29) is 0 Å². The van der Waals surface area contributed by atoms with Crippen LogP contribution in [-0.4, -0.2) is 13.7 Å². The third-order valence-electron chi connectivity index (χ3n) is 1.67. The predicted octanol–water partition coefficient (Wildman–Crippen LogP) is 2.47. The first-order valence-electron chi connectivity index (χ1n) is 3.84. The minimum atomic E-state index is 0.744. The second-order valence-electron chi connectivity index (χ2n) is 2.78. The van der Waals surface area contributed by atoms with Gasteiger partial charge < -0.3 is 4.74 Å². The zero-order valence-electron chi connectivity index (χ0n) is 7.13. The molecule has 0 aromatic carbocycles. The standard InChI is InChI=1S/C10H14O/c1-9-4-3-5-10(7-6-9)8-11-2/h3-4,6-7H,5,8H2,1-2H3. The molecule has 0 N–H and O–H groups in total. The van der Waals surface area contributed by atoms with Gasteiger partial charge in [0, 0.05) is 7.11 Å². The van der Waals surface area contributed by atoms with Crippen LogP contribution in [0.2, 0.25) is 0 Å². The first-order chi connectivity index (χ1) is 5.33. The fraction of sp³-hybridized carbons (Fsp3) is 0.400. The van der Waals surface area contributed by atoms with E-state index in [2.05, 4.69) is 31.2 Å². The molecule has 0 aliphatic heterocycles. The molecule has 1 aliphatic rings. The zero-order chi connectivity index (χ0) is 8.10. The Morgan fingerprint density at radius 1 is 1.45 bits per heavy atom. The Bertz CT molecular complexity index is 209. The van der Waals surface area contributed by atoms with Crippen LogP contribution in [-0.2, 0) is 4.74 Å². The maximum atomic E-state index is 5.04. The third-order valence-corrected chi connectivity index (χ3v) is 1.67. The number of ether oxygens (including phenoxy) is 1. The normalized spacial score (nSPS) is 17.3. The zero-order valence-corrected chi connectivity index (χ0v) is 7.13. The van der Waals surface area contributed by atoms with E-state index in [1.165, 1.54) is 11.1 Å². The van der Waals surface area contributed by atoms with Crippen molar-refractivity contribution >= 4 is 0 Å². The molecule has 0 unspecified atom stereocenters. The number of allylic oxidation sites excluding steroid dienone is 5. The van der Waals surface area contributed by atoms with Gasteiger partial charge >= 0.3 is 0 Å². The molecule has 0 aromatic rings. The van der Waals surface area contributed by atoms with Crippen molar-refractivity contribution in [3.8, 4) is 0 Å². The number of methoxy groups -OCH3 is 1. The summed E-state index contributed by atoms with van der Waals surface area (Å²) in [7, 11) is 1.73. The van der Waals surface area contributed by atoms with E-state index in [0.717, 1.165) is 13.0 Å². The molecule has 11 heavy (non-hydrogen) atoms. The van der Waals surface area contributed by atoms with E-state index in [1.54, 1.807) is 7.11 Å². The van der Waals surface area contributed by atoms with Gasteiger partial charge in [-0.2, -0.15) is 0 Å². The van der Waals surface area contributed by atoms with Crippen LogP contribution in [0.15, 0.2) is 35.5 Å². The lowest BCUT2D eigenvalue weighted by Gasteiger charge is -1.99. The summed E-state index contributed by atoms with van der Waals surface area (Å²) < 4.78 is 5.04. The fourth-order valence-corrected chi connectivity index (χ4v) is 1.06. The molecule has 0 saturated heterocycles. The van der Waals surface area contributed by atoms with Crippen LogP contribution in [0, 0.1) is 0 Å². The average molecular weight is 150 g/mol. The van der Waals surface area contributed by atoms with Crippen LogP contribution < -0.4 is 0 Å². The molecule has 0 saturated carbocycles. The Hall–Kier alpha value is -0.820. The van der Waals surface area contributed by atoms with Crippen LogP contribution in [0.5, 0.6) is 0 Å². The summed E-state index contributed by atoms with van der Waals surface area (Å²) in [5, 5.41) is 0. The second-order valence-corrected chi connectivity index (χ2v) is 2.78. The van der Waals surface area contributed by atoms with Crippen molar-refractivity contribution in [3.63, 3.8) is 0 Å². The summed E-state index contributed by atoms with van der Waals surface area (Å²) in [5.74, 6) is 0. The van der Waals surface area contributed by atoms with E-state index in [9.17, 15) is 0 Å². The molecular weight excluding hydrogens is 136 g/mol. The van der Waals surface area contributed by atoms with Gasteiger partial charge in [-0.25, -0.2) is 0 Å². The summed E-state index contributed by atoms with van der Waals surface area (Å²) >= 11 is 0. The SMILES string of the molecule is COCC1=CC=C(C)C=CC1. The number of rotatable bonds is 2. The van der Waals surface area contributed by atoms with Gasteiger partial charge in [-0.3, -0.25) is 0 Å². The van der Waals surface area contributed by atoms with Crippen molar-refractivity contribution in [2.75, 3.05) is 13.7 Å². The molecule has 0 bridgehead atoms. The van der Waals surface area contributed by atoms with E-state index in [4.69, 9.17) is 4.74 Å². The Labute approximate surface area is 68.1 Å². The molecule has 0 heterocycles. The molecule has 1 heteroatoms. The van der Waals surface area contributed by atoms with Crippen LogP contribution in [0.25, 0.3) is 0 Å². The van der Waals surface area contributed by atoms with E-state index < -0.39 is 0 Å². The monoisotopic (exact) mass is 150 g/mol. The second kappa shape index (κ2) is 4.14. The van der Waals surface area contributed by atoms with Gasteiger partial charge in [0.25, 0.3) is 0 Å². The largest absolute Gasteiger partial charge is 0.380 e. The molecule has 0 atom stereocenters. The highest BCUT2D eigenvalue weighted by atomic mass is 16.5. The quantitative estimate of drug-likeness (QED) is 0.587. The predicted molar refractivity (Wildman–Crippen MR) is 47.5 cm³/mol. The highest BCUT2D eigenvalue weighted by Gasteiger charge is 1.95. The van der Waals surface area contributed by atoms with Gasteiger partial charge in [-0.1, -0.05) is 29.9 Å². The van der Waals surface area contributed by atoms with Gasteiger partial charge in [-0.15, -0.1) is 0 Å². The maximum Gasteiger partial charge on any atom is 0.0679 e. The average Bonchev–Trinajstić information content (AvgIpc) is 2.17. The topological polar surface area (TPSA) is 9.23 Å². The van der Waals surface area contributed by atoms with Crippen molar-refractivity contribution in [1.29, 1.82) is 0 Å². The molecular formula is C10H14O. The number of hydrogen-bond donors (Lipinski definition) is 0. The minimum Gasteiger partial charge on any atom is -0.380 e. The Kier molecular flexibility index (Phi) is 3.12. The molecule has 0 radical (unpaired) electrons. The highest BCUT2D eigenvalue weighted by Crippen LogP contribution is 2.10. The van der Waals surface area contributed by atoms with E-state index in [1.807, 2.05) is 0 Å². The summed E-state index contributed by atoms with van der Waals surface area (Å²) in [6, 6.07) is 0. The van der Waals surface area contributed by atoms with Crippen molar-refractivity contribution in [2.24, 2.45) is 0 Å². The fourth-order valence-electron chi connectivity index (χ4n) is 1.06. The van der Waals surface area contributed by atoms with Crippen LogP contribution in [0.4, 0.5) is 0 Å². The smallest absolute Gasteiger partial charge is 0.0679 e. The highest BCUT2D eigenvalue weighted by molar-refractivity contribution is 5.29. The first-order valence-corrected chi connectivity index (χ1v) is 3.84. The Morgan fingerprint density at radius 3 is 3.00 bits per heavy atom. The molecule has 1 nitrogen and oxygen atoms in total. The van der Waals surface area contributed by atoms with Gasteiger partial charge in [0.1, 0.15) is 0 Å². The van der Waals surface area contributed by atoms with Crippen molar-refractivity contribution in [2.45, 2.75) is 13.3 Å². The van der Waals surface area contributed by atoms with Crippen LogP contribution in [0.3, 0.4) is 0 Å². The molecule has 0 amide bonds. The van der Waals surface area contributed by atoms with Crippen LogP contribution in [0.1, 0.15) is 13.3 Å². The lowest BCUT2D eigenvalue weighted by Crippen LogP contribution is -1.91. The van der Waals surface area contributed by atoms with Gasteiger partial charge in [0.2, 0.25) is 0 Å². The molecule has 60 valence electrons. The Balaban J connectivity index is 2.62. The van der Waals surface area contributed by atoms with Crippen molar-refractivity contribution in [3.05, 3.63) is 35.5 Å². The maximum absolute atomic E-state index is 5.04. The van der Waals surface area contributed by atoms with E-state index in [0.29, 0.717) is 0 Å². The molecule has 0 aromatic heterocycles. The van der Waals surface area contributed by atoms with Gasteiger partial charge in [0.05, 0.1) is 6.61 Å². The minimum absolute atomic E-state index is 0.744. The van der Waals surface area contributed by atoms with Crippen molar-refractivity contribution < 1.29 is 4.74 Å². The lowest BCUT2D eigenvalue weighted by atomic mass is 10.2. The number of hydrogen-bond acceptors (Lipinski definition) is 1. The van der Waals surface area contributed by atoms with Gasteiger partial charge in [0.15, 0.2) is 0 Å². The van der Waals surface area contributed by atoms with E-state index >= 15 is 0 Å². The third kappa shape index (κ3) is 2.72. The summed E-state index contributed by atoms with van der Waals surface area (Å²) in [4.78, 5) is 0. The summed E-state index contributed by atoms with van der Waals surface area (Å²) in [6.07, 6.45) is 9.58.